The summed E-state index contributed by atoms with van der Waals surface area (Å²) in [4.78, 5) is 16.3. The molecular weight excluding hydrogens is 350 g/mol. The van der Waals surface area contributed by atoms with Crippen molar-refractivity contribution in [3.05, 3.63) is 101 Å². The van der Waals surface area contributed by atoms with E-state index in [1.165, 1.54) is 0 Å². The number of nitrogens with zero attached hydrogens (tertiary/aromatic N) is 1. The summed E-state index contributed by atoms with van der Waals surface area (Å²) in [6.07, 6.45) is 1.92. The Balaban J connectivity index is 1.94. The maximum absolute atomic E-state index is 11.9. The van der Waals surface area contributed by atoms with E-state index in [0.717, 1.165) is 11.1 Å². The topological polar surface area (TPSA) is 59.4 Å². The van der Waals surface area contributed by atoms with E-state index in [0.29, 0.717) is 34.1 Å². The first kappa shape index (κ1) is 17.7. The third-order valence-electron chi connectivity index (χ3n) is 4.84. The molecule has 0 aliphatic rings. The predicted octanol–water partition coefficient (Wildman–Crippen LogP) is 5.23. The molecule has 0 aliphatic heterocycles. The average Bonchev–Trinajstić information content (AvgIpc) is 2.76. The Hall–Kier alpha value is -3.66. The third kappa shape index (κ3) is 3.09. The van der Waals surface area contributed by atoms with Crippen LogP contribution in [0, 0.1) is 6.92 Å². The van der Waals surface area contributed by atoms with E-state index in [9.17, 15) is 9.90 Å². The van der Waals surface area contributed by atoms with Gasteiger partial charge in [0.2, 0.25) is 0 Å². The highest BCUT2D eigenvalue weighted by Crippen LogP contribution is 2.40. The number of ether oxygens (including phenoxy) is 1. The van der Waals surface area contributed by atoms with Gasteiger partial charge in [-0.1, -0.05) is 60.7 Å². The lowest BCUT2D eigenvalue weighted by Crippen LogP contribution is -2.12. The Morgan fingerprint density at radius 3 is 2.11 bits per heavy atom. The molecule has 0 bridgehead atoms. The number of carbonyl (C=O) groups excluding carboxylic acids is 1. The fraction of sp³-hybridized carbons (Fsp3) is 0.0833. The average molecular weight is 369 g/mol. The number of aldehydes is 1. The van der Waals surface area contributed by atoms with Crippen LogP contribution in [0.25, 0.3) is 10.9 Å². The highest BCUT2D eigenvalue weighted by Gasteiger charge is 2.23. The fourth-order valence-electron chi connectivity index (χ4n) is 3.37. The first-order chi connectivity index (χ1) is 13.7. The van der Waals surface area contributed by atoms with Gasteiger partial charge in [0, 0.05) is 17.1 Å². The summed E-state index contributed by atoms with van der Waals surface area (Å²) in [5, 5.41) is 11.1. The summed E-state index contributed by atoms with van der Waals surface area (Å²) < 4.78 is 6.45. The zero-order chi connectivity index (χ0) is 19.5. The second kappa shape index (κ2) is 7.53. The number of rotatable bonds is 5. The van der Waals surface area contributed by atoms with Crippen LogP contribution in [0.4, 0.5) is 0 Å². The van der Waals surface area contributed by atoms with Gasteiger partial charge in [-0.2, -0.15) is 0 Å². The molecule has 4 rings (SSSR count). The molecule has 28 heavy (non-hydrogen) atoms. The minimum Gasteiger partial charge on any atom is -0.507 e. The standard InChI is InChI=1S/C24H19NO3/c1-16-20(15-26)24(21-19(22(16)27)13-8-14-25-21)28-23(17-9-4-2-5-10-17)18-11-6-3-7-12-18/h2-15,23,27H,1H3. The summed E-state index contributed by atoms with van der Waals surface area (Å²) in [5.74, 6) is 0.423. The van der Waals surface area contributed by atoms with Crippen LogP contribution < -0.4 is 4.74 Å². The zero-order valence-electron chi connectivity index (χ0n) is 15.4. The molecule has 0 atom stereocenters. The first-order valence-corrected chi connectivity index (χ1v) is 9.02. The second-order valence-corrected chi connectivity index (χ2v) is 6.55. The van der Waals surface area contributed by atoms with Gasteiger partial charge in [0.1, 0.15) is 17.4 Å². The predicted molar refractivity (Wildman–Crippen MR) is 109 cm³/mol. The van der Waals surface area contributed by atoms with E-state index < -0.39 is 6.10 Å². The van der Waals surface area contributed by atoms with Crippen molar-refractivity contribution >= 4 is 17.2 Å². The lowest BCUT2D eigenvalue weighted by Gasteiger charge is -2.23. The number of fused-ring (bicyclic) bond motifs is 1. The number of phenolic OH excluding ortho intramolecular Hbond substituents is 1. The number of carbonyl (C=O) groups is 1. The monoisotopic (exact) mass is 369 g/mol. The summed E-state index contributed by atoms with van der Waals surface area (Å²) in [6, 6.07) is 23.2. The van der Waals surface area contributed by atoms with Gasteiger partial charge in [0.05, 0.1) is 5.56 Å². The molecule has 4 heteroatoms. The highest BCUT2D eigenvalue weighted by atomic mass is 16.5. The van der Waals surface area contributed by atoms with Gasteiger partial charge in [-0.25, -0.2) is 0 Å². The smallest absolute Gasteiger partial charge is 0.158 e. The van der Waals surface area contributed by atoms with Crippen LogP contribution in [-0.2, 0) is 0 Å². The van der Waals surface area contributed by atoms with E-state index in [1.807, 2.05) is 60.7 Å². The normalized spacial score (nSPS) is 10.9. The van der Waals surface area contributed by atoms with Gasteiger partial charge >= 0.3 is 0 Å². The maximum Gasteiger partial charge on any atom is 0.158 e. The van der Waals surface area contributed by atoms with Crippen molar-refractivity contribution in [2.24, 2.45) is 0 Å². The molecule has 3 aromatic carbocycles. The number of pyridine rings is 1. The quantitative estimate of drug-likeness (QED) is 0.489. The lowest BCUT2D eigenvalue weighted by molar-refractivity contribution is 0.111. The molecule has 4 aromatic rings. The van der Waals surface area contributed by atoms with Crippen LogP contribution in [0.15, 0.2) is 79.0 Å². The van der Waals surface area contributed by atoms with Gasteiger partial charge in [0.25, 0.3) is 0 Å². The van der Waals surface area contributed by atoms with Crippen molar-refractivity contribution in [1.29, 1.82) is 0 Å². The first-order valence-electron chi connectivity index (χ1n) is 9.02. The molecule has 0 fully saturated rings. The SMILES string of the molecule is Cc1c(C=O)c(OC(c2ccccc2)c2ccccc2)c2ncccc2c1O. The number of hydrogen-bond acceptors (Lipinski definition) is 4. The molecular formula is C24H19NO3. The van der Waals surface area contributed by atoms with Crippen LogP contribution in [0.3, 0.4) is 0 Å². The molecule has 0 aliphatic carbocycles. The zero-order valence-corrected chi connectivity index (χ0v) is 15.4. The van der Waals surface area contributed by atoms with Crippen molar-refractivity contribution in [3.8, 4) is 11.5 Å². The molecule has 0 radical (unpaired) electrons. The Labute approximate surface area is 163 Å². The Morgan fingerprint density at radius 2 is 1.54 bits per heavy atom. The molecule has 0 saturated heterocycles. The minimum absolute atomic E-state index is 0.0496. The Kier molecular flexibility index (Phi) is 4.77. The van der Waals surface area contributed by atoms with Crippen molar-refractivity contribution in [1.82, 2.24) is 4.98 Å². The lowest BCUT2D eigenvalue weighted by atomic mass is 9.99. The van der Waals surface area contributed by atoms with Crippen molar-refractivity contribution in [2.45, 2.75) is 13.0 Å². The number of aromatic nitrogens is 1. The molecule has 0 saturated carbocycles. The summed E-state index contributed by atoms with van der Waals surface area (Å²) in [5.41, 5.74) is 3.16. The Bertz CT molecular complexity index is 1090. The van der Waals surface area contributed by atoms with Gasteiger partial charge < -0.3 is 9.84 Å². The molecule has 1 N–H and O–H groups in total. The van der Waals surface area contributed by atoms with Crippen molar-refractivity contribution < 1.29 is 14.6 Å². The van der Waals surface area contributed by atoms with E-state index >= 15 is 0 Å². The molecule has 138 valence electrons. The van der Waals surface area contributed by atoms with E-state index in [2.05, 4.69) is 4.98 Å². The molecule has 0 spiro atoms. The van der Waals surface area contributed by atoms with Crippen LogP contribution in [0.1, 0.15) is 33.2 Å². The summed E-state index contributed by atoms with van der Waals surface area (Å²) in [7, 11) is 0. The summed E-state index contributed by atoms with van der Waals surface area (Å²) in [6.45, 7) is 1.71. The summed E-state index contributed by atoms with van der Waals surface area (Å²) >= 11 is 0. The Morgan fingerprint density at radius 1 is 0.929 bits per heavy atom. The number of phenols is 1. The molecule has 0 amide bonds. The van der Waals surface area contributed by atoms with Gasteiger partial charge in [-0.3, -0.25) is 9.78 Å². The van der Waals surface area contributed by atoms with Gasteiger partial charge in [0.15, 0.2) is 12.0 Å². The van der Waals surface area contributed by atoms with Gasteiger partial charge in [-0.15, -0.1) is 0 Å². The molecule has 1 heterocycles. The van der Waals surface area contributed by atoms with E-state index in [-0.39, 0.29) is 5.75 Å². The van der Waals surface area contributed by atoms with Crippen LogP contribution in [0.5, 0.6) is 11.5 Å². The largest absolute Gasteiger partial charge is 0.507 e. The highest BCUT2D eigenvalue weighted by molar-refractivity contribution is 5.99. The van der Waals surface area contributed by atoms with Crippen molar-refractivity contribution in [3.63, 3.8) is 0 Å². The third-order valence-corrected chi connectivity index (χ3v) is 4.84. The van der Waals surface area contributed by atoms with Crippen LogP contribution in [0.2, 0.25) is 0 Å². The van der Waals surface area contributed by atoms with E-state index in [4.69, 9.17) is 4.74 Å². The van der Waals surface area contributed by atoms with Gasteiger partial charge in [-0.05, 0) is 30.2 Å². The number of benzene rings is 3. The van der Waals surface area contributed by atoms with E-state index in [1.54, 1.807) is 25.3 Å². The van der Waals surface area contributed by atoms with Crippen LogP contribution >= 0.6 is 0 Å². The molecule has 1 aromatic heterocycles. The molecule has 0 unspecified atom stereocenters. The fourth-order valence-corrected chi connectivity index (χ4v) is 3.37. The maximum atomic E-state index is 11.9. The second-order valence-electron chi connectivity index (χ2n) is 6.55. The number of hydrogen-bond donors (Lipinski definition) is 1. The minimum atomic E-state index is -0.421. The molecule has 4 nitrogen and oxygen atoms in total. The van der Waals surface area contributed by atoms with Crippen LogP contribution in [-0.4, -0.2) is 16.4 Å². The van der Waals surface area contributed by atoms with Crippen molar-refractivity contribution in [2.75, 3.05) is 0 Å². The number of aromatic hydroxyl groups is 1.